The molecule has 1 saturated heterocycles. The molecule has 0 aliphatic carbocycles. The van der Waals surface area contributed by atoms with Gasteiger partial charge in [0.2, 0.25) is 0 Å². The number of hydrogen-bond donors (Lipinski definition) is 1. The van der Waals surface area contributed by atoms with Crippen molar-refractivity contribution < 1.29 is 26.7 Å². The van der Waals surface area contributed by atoms with Crippen LogP contribution in [-0.2, 0) is 19.9 Å². The molecule has 134 valence electrons. The van der Waals surface area contributed by atoms with Gasteiger partial charge in [-0.25, -0.2) is 26.6 Å². The van der Waals surface area contributed by atoms with Crippen molar-refractivity contribution in [1.82, 2.24) is 9.42 Å². The topological polar surface area (TPSA) is 112 Å². The minimum atomic E-state index is -4.09. The van der Waals surface area contributed by atoms with Gasteiger partial charge in [-0.15, -0.1) is 4.41 Å². The van der Waals surface area contributed by atoms with E-state index in [-0.39, 0.29) is 28.4 Å². The van der Waals surface area contributed by atoms with Gasteiger partial charge in [0.25, 0.3) is 10.0 Å². The van der Waals surface area contributed by atoms with Crippen molar-refractivity contribution in [3.63, 3.8) is 0 Å². The summed E-state index contributed by atoms with van der Waals surface area (Å²) in [5, 5.41) is 10.4. The van der Waals surface area contributed by atoms with E-state index in [0.717, 1.165) is 10.5 Å². The Balaban J connectivity index is 2.54. The number of nitrogens with zero attached hydrogens (tertiary/aromatic N) is 2. The molecule has 10 heteroatoms. The maximum absolute atomic E-state index is 13.1. The summed E-state index contributed by atoms with van der Waals surface area (Å²) in [7, 11) is -4.34. The van der Waals surface area contributed by atoms with Crippen molar-refractivity contribution in [2.24, 2.45) is 0 Å². The fourth-order valence-electron chi connectivity index (χ4n) is 2.80. The number of aromatic carboxylic acids is 1. The van der Waals surface area contributed by atoms with Gasteiger partial charge in [0.1, 0.15) is 0 Å². The Labute approximate surface area is 141 Å². The molecule has 0 saturated carbocycles. The molecule has 0 spiro atoms. The molecule has 0 amide bonds. The maximum atomic E-state index is 13.1. The third-order valence-electron chi connectivity index (χ3n) is 3.87. The number of carboxylic acids is 1. The summed E-state index contributed by atoms with van der Waals surface area (Å²) in [4.78, 5) is 11.0. The number of hydrogen-bond acceptors (Lipinski definition) is 6. The van der Waals surface area contributed by atoms with Crippen molar-refractivity contribution in [1.29, 1.82) is 0 Å². The summed E-state index contributed by atoms with van der Waals surface area (Å²) in [5.74, 6) is -1.54. The van der Waals surface area contributed by atoms with Crippen molar-refractivity contribution in [2.75, 3.05) is 25.6 Å². The van der Waals surface area contributed by atoms with E-state index in [9.17, 15) is 21.6 Å². The second-order valence-corrected chi connectivity index (χ2v) is 9.96. The molecule has 8 nitrogen and oxygen atoms in total. The maximum Gasteiger partial charge on any atom is 0.335 e. The highest BCUT2D eigenvalue weighted by Gasteiger charge is 2.40. The largest absolute Gasteiger partial charge is 0.478 e. The minimum absolute atomic E-state index is 0.0638. The molecular formula is C14H20N2O6S2. The van der Waals surface area contributed by atoms with Crippen LogP contribution in [0.15, 0.2) is 23.1 Å². The zero-order chi connectivity index (χ0) is 18.3. The summed E-state index contributed by atoms with van der Waals surface area (Å²) >= 11 is 0. The summed E-state index contributed by atoms with van der Waals surface area (Å²) in [6, 6.07) is 3.15. The third-order valence-corrected chi connectivity index (χ3v) is 7.74. The molecule has 1 atom stereocenters. The molecule has 0 bridgehead atoms. The lowest BCUT2D eigenvalue weighted by molar-refractivity contribution is 0.0696. The standard InChI is InChI=1S/C14H20N2O6S2/c1-10-4-5-11(14(17)18)8-13(10)24(21,22)16(15(2)3)12-6-7-23(19,20)9-12/h4-5,8,12H,6-7,9H2,1-3H3,(H,17,18)/t12-/m0/s1. The van der Waals surface area contributed by atoms with Crippen LogP contribution in [0.5, 0.6) is 0 Å². The summed E-state index contributed by atoms with van der Waals surface area (Å²) in [6.07, 6.45) is 0.206. The van der Waals surface area contributed by atoms with E-state index in [2.05, 4.69) is 0 Å². The summed E-state index contributed by atoms with van der Waals surface area (Å²) < 4.78 is 50.6. The highest BCUT2D eigenvalue weighted by Crippen LogP contribution is 2.28. The van der Waals surface area contributed by atoms with Crippen molar-refractivity contribution in [2.45, 2.75) is 24.3 Å². The molecule has 24 heavy (non-hydrogen) atoms. The van der Waals surface area contributed by atoms with Crippen LogP contribution in [0.4, 0.5) is 0 Å². The molecule has 0 aromatic heterocycles. The van der Waals surface area contributed by atoms with Gasteiger partial charge >= 0.3 is 5.97 Å². The Morgan fingerprint density at radius 2 is 1.92 bits per heavy atom. The number of carbonyl (C=O) groups is 1. The first kappa shape index (κ1) is 18.8. The zero-order valence-corrected chi connectivity index (χ0v) is 15.3. The molecule has 1 N–H and O–H groups in total. The lowest BCUT2D eigenvalue weighted by Gasteiger charge is -2.33. The van der Waals surface area contributed by atoms with Crippen LogP contribution in [0, 0.1) is 6.92 Å². The van der Waals surface area contributed by atoms with Gasteiger partial charge in [0, 0.05) is 14.1 Å². The third kappa shape index (κ3) is 3.61. The average molecular weight is 376 g/mol. The molecule has 1 aliphatic heterocycles. The van der Waals surface area contributed by atoms with E-state index in [1.54, 1.807) is 6.92 Å². The van der Waals surface area contributed by atoms with E-state index in [1.807, 2.05) is 0 Å². The van der Waals surface area contributed by atoms with Crippen LogP contribution in [0.3, 0.4) is 0 Å². The molecule has 1 aromatic carbocycles. The van der Waals surface area contributed by atoms with Gasteiger partial charge in [-0.3, -0.25) is 0 Å². The monoisotopic (exact) mass is 376 g/mol. The summed E-state index contributed by atoms with van der Waals surface area (Å²) in [6.45, 7) is 1.57. The second-order valence-electron chi connectivity index (χ2n) is 5.97. The predicted molar refractivity (Wildman–Crippen MR) is 87.9 cm³/mol. The highest BCUT2D eigenvalue weighted by atomic mass is 32.2. The number of benzene rings is 1. The number of sulfonamides is 1. The Kier molecular flexibility index (Phi) is 5.05. The predicted octanol–water partition coefficient (Wildman–Crippen LogP) is 0.348. The molecule has 0 unspecified atom stereocenters. The Bertz CT molecular complexity index is 861. The Morgan fingerprint density at radius 1 is 1.29 bits per heavy atom. The minimum Gasteiger partial charge on any atom is -0.478 e. The van der Waals surface area contributed by atoms with Crippen LogP contribution < -0.4 is 0 Å². The van der Waals surface area contributed by atoms with Crippen molar-refractivity contribution >= 4 is 25.8 Å². The lowest BCUT2D eigenvalue weighted by Crippen LogP contribution is -2.49. The van der Waals surface area contributed by atoms with Gasteiger partial charge in [0.15, 0.2) is 9.84 Å². The van der Waals surface area contributed by atoms with Crippen LogP contribution >= 0.6 is 0 Å². The molecule has 1 fully saturated rings. The number of sulfone groups is 1. The molecule has 2 rings (SSSR count). The second kappa shape index (κ2) is 6.43. The van der Waals surface area contributed by atoms with E-state index < -0.39 is 31.9 Å². The SMILES string of the molecule is Cc1ccc(C(=O)O)cc1S(=O)(=O)N([C@H]1CCS(=O)(=O)C1)N(C)C. The van der Waals surface area contributed by atoms with Gasteiger partial charge in [-0.1, -0.05) is 6.07 Å². The number of aryl methyl sites for hydroxylation is 1. The summed E-state index contributed by atoms with van der Waals surface area (Å²) in [5.41, 5.74) is 0.254. The first-order chi connectivity index (χ1) is 11.0. The van der Waals surface area contributed by atoms with Gasteiger partial charge in [-0.2, -0.15) is 0 Å². The van der Waals surface area contributed by atoms with Crippen molar-refractivity contribution in [3.8, 4) is 0 Å². The highest BCUT2D eigenvalue weighted by molar-refractivity contribution is 7.92. The van der Waals surface area contributed by atoms with Crippen molar-refractivity contribution in [3.05, 3.63) is 29.3 Å². The zero-order valence-electron chi connectivity index (χ0n) is 13.6. The molecular weight excluding hydrogens is 356 g/mol. The van der Waals surface area contributed by atoms with Crippen LogP contribution in [0.2, 0.25) is 0 Å². The van der Waals surface area contributed by atoms with Crippen LogP contribution in [0.25, 0.3) is 0 Å². The molecule has 1 heterocycles. The Morgan fingerprint density at radius 3 is 2.38 bits per heavy atom. The average Bonchev–Trinajstić information content (AvgIpc) is 2.77. The van der Waals surface area contributed by atoms with Gasteiger partial charge < -0.3 is 5.11 Å². The molecule has 0 radical (unpaired) electrons. The lowest BCUT2D eigenvalue weighted by atomic mass is 10.1. The number of hydrazine groups is 1. The molecule has 1 aromatic rings. The fourth-order valence-corrected chi connectivity index (χ4v) is 6.54. The Hall–Kier alpha value is -1.49. The fraction of sp³-hybridized carbons (Fsp3) is 0.500. The quantitative estimate of drug-likeness (QED) is 0.738. The van der Waals surface area contributed by atoms with E-state index >= 15 is 0 Å². The first-order valence-corrected chi connectivity index (χ1v) is 10.5. The number of carboxylic acid groups (broad SMARTS) is 1. The van der Waals surface area contributed by atoms with E-state index in [4.69, 9.17) is 5.11 Å². The van der Waals surface area contributed by atoms with Crippen LogP contribution in [0.1, 0.15) is 22.3 Å². The normalized spacial score (nSPS) is 20.6. The van der Waals surface area contributed by atoms with E-state index in [1.165, 1.54) is 31.2 Å². The first-order valence-electron chi connectivity index (χ1n) is 7.22. The molecule has 1 aliphatic rings. The van der Waals surface area contributed by atoms with Gasteiger partial charge in [0.05, 0.1) is 28.0 Å². The van der Waals surface area contributed by atoms with Gasteiger partial charge in [-0.05, 0) is 31.0 Å². The van der Waals surface area contributed by atoms with E-state index in [0.29, 0.717) is 5.56 Å². The smallest absolute Gasteiger partial charge is 0.335 e. The number of rotatable bonds is 5. The van der Waals surface area contributed by atoms with Crippen LogP contribution in [-0.4, -0.2) is 69.0 Å².